The van der Waals surface area contributed by atoms with Crippen molar-refractivity contribution >= 4 is 28.6 Å². The average molecular weight is 331 g/mol. The van der Waals surface area contributed by atoms with Gasteiger partial charge in [0.05, 0.1) is 4.92 Å². The lowest BCUT2D eigenvalue weighted by Crippen LogP contribution is -2.34. The van der Waals surface area contributed by atoms with Gasteiger partial charge in [-0.3, -0.25) is 15.0 Å². The summed E-state index contributed by atoms with van der Waals surface area (Å²) in [5.41, 5.74) is -0.594. The van der Waals surface area contributed by atoms with E-state index in [4.69, 9.17) is 11.2 Å². The summed E-state index contributed by atoms with van der Waals surface area (Å²) in [4.78, 5) is 32.2. The van der Waals surface area contributed by atoms with Gasteiger partial charge in [0.2, 0.25) is 0 Å². The molecule has 0 aromatic carbocycles. The van der Waals surface area contributed by atoms with Crippen LogP contribution in [0.5, 0.6) is 0 Å². The molecule has 2 aromatic rings. The number of carbonyl (C=O) groups is 1. The number of aromatic nitrogens is 3. The number of hydrogen-bond acceptors (Lipinski definition) is 6. The molecule has 0 bridgehead atoms. The number of hydrogen-bond donors (Lipinski definition) is 0. The number of terminal acetylenes is 1. The molecule has 0 aliphatic heterocycles. The predicted molar refractivity (Wildman–Crippen MR) is 87.7 cm³/mol. The predicted octanol–water partition coefficient (Wildman–Crippen LogP) is 2.23. The molecule has 0 radical (unpaired) electrons. The number of rotatable bonds is 2. The number of nitro groups is 1. The SMILES string of the molecule is C#Cc1nc2c(N(C)C(=O)OC(C)(C)C)ncc([N+](=O)[O-])c2n1C. The summed E-state index contributed by atoms with van der Waals surface area (Å²) in [6.07, 6.45) is 5.80. The number of nitrogens with zero attached hydrogens (tertiary/aromatic N) is 5. The summed E-state index contributed by atoms with van der Waals surface area (Å²) >= 11 is 0. The number of imidazole rings is 1. The van der Waals surface area contributed by atoms with Gasteiger partial charge in [-0.2, -0.15) is 0 Å². The highest BCUT2D eigenvalue weighted by molar-refractivity contribution is 5.99. The van der Waals surface area contributed by atoms with Gasteiger partial charge in [0, 0.05) is 14.1 Å². The van der Waals surface area contributed by atoms with E-state index >= 15 is 0 Å². The zero-order valence-corrected chi connectivity index (χ0v) is 14.0. The van der Waals surface area contributed by atoms with E-state index in [0.717, 1.165) is 11.1 Å². The summed E-state index contributed by atoms with van der Waals surface area (Å²) in [7, 11) is 3.01. The van der Waals surface area contributed by atoms with Crippen LogP contribution < -0.4 is 4.90 Å². The second kappa shape index (κ2) is 5.81. The average Bonchev–Trinajstić information content (AvgIpc) is 2.81. The molecule has 0 atom stereocenters. The number of pyridine rings is 1. The molecule has 2 rings (SSSR count). The van der Waals surface area contributed by atoms with Crippen LogP contribution in [0.1, 0.15) is 26.6 Å². The number of amides is 1. The summed E-state index contributed by atoms with van der Waals surface area (Å²) in [5, 5.41) is 11.2. The fraction of sp³-hybridized carbons (Fsp3) is 0.400. The largest absolute Gasteiger partial charge is 0.443 e. The van der Waals surface area contributed by atoms with E-state index in [1.54, 1.807) is 27.8 Å². The van der Waals surface area contributed by atoms with Crippen molar-refractivity contribution in [3.05, 3.63) is 22.1 Å². The normalized spacial score (nSPS) is 11.2. The summed E-state index contributed by atoms with van der Waals surface area (Å²) in [5.74, 6) is 2.67. The smallest absolute Gasteiger partial charge is 0.415 e. The van der Waals surface area contributed by atoms with Crippen molar-refractivity contribution in [2.75, 3.05) is 11.9 Å². The lowest BCUT2D eigenvalue weighted by atomic mass is 10.2. The molecule has 0 aliphatic rings. The van der Waals surface area contributed by atoms with Crippen molar-refractivity contribution in [1.29, 1.82) is 0 Å². The van der Waals surface area contributed by atoms with Gasteiger partial charge < -0.3 is 9.30 Å². The first kappa shape index (κ1) is 17.2. The number of fused-ring (bicyclic) bond motifs is 1. The third kappa shape index (κ3) is 2.99. The topological polar surface area (TPSA) is 103 Å². The number of ether oxygens (including phenoxy) is 1. The van der Waals surface area contributed by atoms with Crippen LogP contribution in [0.25, 0.3) is 11.0 Å². The van der Waals surface area contributed by atoms with Crippen LogP contribution in [0.15, 0.2) is 6.20 Å². The Bertz CT molecular complexity index is 873. The maximum atomic E-state index is 12.2. The van der Waals surface area contributed by atoms with Crippen LogP contribution in [0.3, 0.4) is 0 Å². The van der Waals surface area contributed by atoms with Gasteiger partial charge in [-0.05, 0) is 26.7 Å². The van der Waals surface area contributed by atoms with Gasteiger partial charge in [0.25, 0.3) is 0 Å². The Morgan fingerprint density at radius 2 is 2.12 bits per heavy atom. The van der Waals surface area contributed by atoms with Crippen molar-refractivity contribution in [3.8, 4) is 12.3 Å². The van der Waals surface area contributed by atoms with Gasteiger partial charge in [-0.15, -0.1) is 6.42 Å². The molecule has 0 saturated carbocycles. The molecule has 1 amide bonds. The minimum atomic E-state index is -0.695. The van der Waals surface area contributed by atoms with Crippen LogP contribution in [0.2, 0.25) is 0 Å². The molecule has 126 valence electrons. The first-order chi connectivity index (χ1) is 11.1. The molecule has 0 saturated heterocycles. The van der Waals surface area contributed by atoms with Crippen molar-refractivity contribution in [2.24, 2.45) is 7.05 Å². The quantitative estimate of drug-likeness (QED) is 0.475. The Balaban J connectivity index is 2.65. The molecule has 9 nitrogen and oxygen atoms in total. The minimum absolute atomic E-state index is 0.127. The minimum Gasteiger partial charge on any atom is -0.443 e. The van der Waals surface area contributed by atoms with E-state index in [9.17, 15) is 14.9 Å². The monoisotopic (exact) mass is 331 g/mol. The Morgan fingerprint density at radius 1 is 1.50 bits per heavy atom. The maximum absolute atomic E-state index is 12.2. The van der Waals surface area contributed by atoms with E-state index in [1.165, 1.54) is 11.6 Å². The Morgan fingerprint density at radius 3 is 2.62 bits per heavy atom. The molecule has 2 heterocycles. The van der Waals surface area contributed by atoms with E-state index < -0.39 is 16.6 Å². The highest BCUT2D eigenvalue weighted by atomic mass is 16.6. The van der Waals surface area contributed by atoms with Crippen LogP contribution in [0, 0.1) is 22.5 Å². The second-order valence-corrected chi connectivity index (χ2v) is 6.10. The summed E-state index contributed by atoms with van der Waals surface area (Å²) in [6, 6.07) is 0. The highest BCUT2D eigenvalue weighted by Crippen LogP contribution is 2.31. The molecule has 0 fully saturated rings. The van der Waals surface area contributed by atoms with Crippen LogP contribution >= 0.6 is 0 Å². The highest BCUT2D eigenvalue weighted by Gasteiger charge is 2.28. The second-order valence-electron chi connectivity index (χ2n) is 6.10. The number of anilines is 1. The summed E-state index contributed by atoms with van der Waals surface area (Å²) < 4.78 is 6.70. The van der Waals surface area contributed by atoms with Crippen LogP contribution in [-0.4, -0.2) is 38.2 Å². The first-order valence-corrected chi connectivity index (χ1v) is 7.00. The van der Waals surface area contributed by atoms with Gasteiger partial charge in [0.15, 0.2) is 17.2 Å². The zero-order chi connectivity index (χ0) is 18.2. The van der Waals surface area contributed by atoms with Gasteiger partial charge >= 0.3 is 11.8 Å². The first-order valence-electron chi connectivity index (χ1n) is 7.00. The van der Waals surface area contributed by atoms with Crippen LogP contribution in [0.4, 0.5) is 16.3 Å². The molecule has 0 spiro atoms. The lowest BCUT2D eigenvalue weighted by Gasteiger charge is -2.24. The molecule has 24 heavy (non-hydrogen) atoms. The van der Waals surface area contributed by atoms with E-state index in [-0.39, 0.29) is 28.4 Å². The molecule has 0 unspecified atom stereocenters. The van der Waals surface area contributed by atoms with E-state index in [0.29, 0.717) is 0 Å². The molecular formula is C15H17N5O4. The fourth-order valence-electron chi connectivity index (χ4n) is 2.12. The molecule has 9 heteroatoms. The van der Waals surface area contributed by atoms with Crippen LogP contribution in [-0.2, 0) is 11.8 Å². The van der Waals surface area contributed by atoms with Crippen molar-refractivity contribution in [3.63, 3.8) is 0 Å². The molecule has 0 N–H and O–H groups in total. The Hall–Kier alpha value is -3.15. The third-order valence-corrected chi connectivity index (χ3v) is 3.17. The Labute approximate surface area is 138 Å². The molecule has 2 aromatic heterocycles. The molecule has 0 aliphatic carbocycles. The zero-order valence-electron chi connectivity index (χ0n) is 14.0. The maximum Gasteiger partial charge on any atom is 0.415 e. The molecular weight excluding hydrogens is 314 g/mol. The fourth-order valence-corrected chi connectivity index (χ4v) is 2.12. The van der Waals surface area contributed by atoms with Crippen molar-refractivity contribution in [1.82, 2.24) is 14.5 Å². The number of carbonyl (C=O) groups excluding carboxylic acids is 1. The van der Waals surface area contributed by atoms with Crippen molar-refractivity contribution in [2.45, 2.75) is 26.4 Å². The van der Waals surface area contributed by atoms with Crippen molar-refractivity contribution < 1.29 is 14.5 Å². The van der Waals surface area contributed by atoms with E-state index in [1.807, 2.05) is 0 Å². The Kier molecular flexibility index (Phi) is 4.16. The van der Waals surface area contributed by atoms with E-state index in [2.05, 4.69) is 15.9 Å². The third-order valence-electron chi connectivity index (χ3n) is 3.17. The lowest BCUT2D eigenvalue weighted by molar-refractivity contribution is -0.383. The summed E-state index contributed by atoms with van der Waals surface area (Å²) in [6.45, 7) is 5.19. The number of aryl methyl sites for hydroxylation is 1. The van der Waals surface area contributed by atoms with Gasteiger partial charge in [-0.25, -0.2) is 14.8 Å². The van der Waals surface area contributed by atoms with Gasteiger partial charge in [-0.1, -0.05) is 0 Å². The standard InChI is InChI=1S/C15H17N5O4/c1-7-10-17-11-12(18(10)5)9(20(22)23)8-16-13(11)19(6)14(21)24-15(2,3)4/h1,8H,2-6H3. The van der Waals surface area contributed by atoms with Gasteiger partial charge in [0.1, 0.15) is 17.3 Å².